The van der Waals surface area contributed by atoms with Crippen LogP contribution in [0.15, 0.2) is 12.1 Å². The highest BCUT2D eigenvalue weighted by molar-refractivity contribution is 6.01. The van der Waals surface area contributed by atoms with Crippen LogP contribution in [0.2, 0.25) is 0 Å². The largest absolute Gasteiger partial charge is 0.495 e. The summed E-state index contributed by atoms with van der Waals surface area (Å²) in [6, 6.07) is 2.71. The second-order valence-electron chi connectivity index (χ2n) is 13.6. The molecule has 3 saturated heterocycles. The Balaban J connectivity index is 1.06. The van der Waals surface area contributed by atoms with Gasteiger partial charge in [0.05, 0.1) is 18.5 Å². The number of piperidine rings is 3. The lowest BCUT2D eigenvalue weighted by molar-refractivity contribution is -0.133. The van der Waals surface area contributed by atoms with Crippen LogP contribution in [0.3, 0.4) is 0 Å². The Hall–Kier alpha value is -3.08. The normalized spacial score (nSPS) is 23.7. The predicted octanol–water partition coefficient (Wildman–Crippen LogP) is 4.04. The molecule has 1 aromatic rings. The highest BCUT2D eigenvalue weighted by atomic mass is 19.1. The summed E-state index contributed by atoms with van der Waals surface area (Å²) in [5.41, 5.74) is 0.799. The number of benzene rings is 1. The topological polar surface area (TPSA) is 112 Å². The van der Waals surface area contributed by atoms with Crippen LogP contribution in [0.5, 0.6) is 5.75 Å². The van der Waals surface area contributed by atoms with Gasteiger partial charge in [-0.3, -0.25) is 14.9 Å². The minimum absolute atomic E-state index is 0.219. The van der Waals surface area contributed by atoms with Crippen LogP contribution < -0.4 is 25.6 Å². The number of nitrogens with zero attached hydrogens (tertiary/aromatic N) is 2. The van der Waals surface area contributed by atoms with Gasteiger partial charge in [-0.1, -0.05) is 0 Å². The molecule has 1 spiro atoms. The molecule has 0 bridgehead atoms. The number of nitrogens with one attached hydrogen (secondary N) is 3. The van der Waals surface area contributed by atoms with E-state index in [9.17, 15) is 14.4 Å². The molecule has 1 unspecified atom stereocenters. The molecule has 1 saturated carbocycles. The Morgan fingerprint density at radius 3 is 2.40 bits per heavy atom. The van der Waals surface area contributed by atoms with Crippen molar-refractivity contribution in [2.24, 2.45) is 11.3 Å². The number of anilines is 2. The lowest BCUT2D eigenvalue weighted by Crippen LogP contribution is -2.55. The van der Waals surface area contributed by atoms with Gasteiger partial charge in [-0.15, -0.1) is 0 Å². The molecule has 1 aromatic carbocycles. The molecule has 10 nitrogen and oxygen atoms in total. The van der Waals surface area contributed by atoms with E-state index in [-0.39, 0.29) is 30.3 Å². The van der Waals surface area contributed by atoms with Gasteiger partial charge in [0.1, 0.15) is 23.2 Å². The molecule has 3 N–H and O–H groups in total. The molecule has 11 heteroatoms. The maximum atomic E-state index is 15.3. The highest BCUT2D eigenvalue weighted by Crippen LogP contribution is 2.49. The van der Waals surface area contributed by atoms with Gasteiger partial charge in [0.15, 0.2) is 0 Å². The molecule has 1 atom stereocenters. The smallest absolute Gasteiger partial charge is 0.407 e. The van der Waals surface area contributed by atoms with Crippen LogP contribution in [0, 0.1) is 17.2 Å². The number of alkyl carbamates (subject to hydrolysis) is 1. The van der Waals surface area contributed by atoms with Gasteiger partial charge in [-0.05, 0) is 90.1 Å². The number of hydrogen-bond acceptors (Lipinski definition) is 8. The lowest BCUT2D eigenvalue weighted by Gasteiger charge is -2.52. The van der Waals surface area contributed by atoms with E-state index in [4.69, 9.17) is 9.47 Å². The Labute approximate surface area is 248 Å². The van der Waals surface area contributed by atoms with E-state index in [1.807, 2.05) is 20.8 Å². The molecule has 3 heterocycles. The van der Waals surface area contributed by atoms with Crippen molar-refractivity contribution in [3.8, 4) is 5.75 Å². The number of ether oxygens (including phenoxy) is 2. The van der Waals surface area contributed by atoms with Gasteiger partial charge in [0.2, 0.25) is 11.8 Å². The number of carbonyl (C=O) groups is 3. The molecule has 42 heavy (non-hydrogen) atoms. The van der Waals surface area contributed by atoms with Crippen LogP contribution in [0.1, 0.15) is 72.1 Å². The van der Waals surface area contributed by atoms with Gasteiger partial charge >= 0.3 is 6.09 Å². The average molecular weight is 588 g/mol. The van der Waals surface area contributed by atoms with Crippen molar-refractivity contribution in [3.63, 3.8) is 0 Å². The Morgan fingerprint density at radius 2 is 1.79 bits per heavy atom. The first kappa shape index (κ1) is 30.4. The lowest BCUT2D eigenvalue weighted by atomic mass is 9.60. The maximum Gasteiger partial charge on any atom is 0.407 e. The number of methoxy groups -OCH3 is 1. The standard InChI is InChI=1S/C31H46FN5O5/c1-30(2,3)42-29(40)33-21-17-31(18-21)9-13-36(14-10-31)19-20-7-11-37(12-8-20)25-16-26(41-4)24(15-22(25)32)34-23-5-6-27(38)35-28(23)39/h15-16,20-21,23,34H,5-14,17-19H2,1-4H3,(H,33,40)(H,35,38,39). The summed E-state index contributed by atoms with van der Waals surface area (Å²) in [4.78, 5) is 40.4. The molecule has 4 aliphatic rings. The molecular weight excluding hydrogens is 541 g/mol. The zero-order chi connectivity index (χ0) is 30.1. The quantitative estimate of drug-likeness (QED) is 0.410. The van der Waals surface area contributed by atoms with E-state index in [1.165, 1.54) is 26.0 Å². The Morgan fingerprint density at radius 1 is 1.10 bits per heavy atom. The fourth-order valence-electron chi connectivity index (χ4n) is 6.99. The first-order valence-corrected chi connectivity index (χ1v) is 15.4. The molecule has 0 aromatic heterocycles. The second-order valence-corrected chi connectivity index (χ2v) is 13.6. The van der Waals surface area contributed by atoms with Gasteiger partial charge in [0.25, 0.3) is 0 Å². The molecule has 0 radical (unpaired) electrons. The van der Waals surface area contributed by atoms with Gasteiger partial charge in [0, 0.05) is 44.2 Å². The number of hydrogen-bond donors (Lipinski definition) is 3. The Kier molecular flexibility index (Phi) is 8.87. The third kappa shape index (κ3) is 7.27. The number of rotatable bonds is 7. The van der Waals surface area contributed by atoms with Crippen LogP contribution >= 0.6 is 0 Å². The summed E-state index contributed by atoms with van der Waals surface area (Å²) in [5, 5.41) is 8.40. The monoisotopic (exact) mass is 587 g/mol. The minimum atomic E-state index is -0.609. The van der Waals surface area contributed by atoms with Gasteiger partial charge in [-0.2, -0.15) is 0 Å². The number of amides is 3. The van der Waals surface area contributed by atoms with Crippen LogP contribution in [-0.2, 0) is 14.3 Å². The average Bonchev–Trinajstić information content (AvgIpc) is 2.90. The zero-order valence-electron chi connectivity index (χ0n) is 25.4. The van der Waals surface area contributed by atoms with Crippen molar-refractivity contribution in [1.29, 1.82) is 0 Å². The van der Waals surface area contributed by atoms with Crippen molar-refractivity contribution in [3.05, 3.63) is 17.9 Å². The third-order valence-corrected chi connectivity index (χ3v) is 9.31. The molecular formula is C31H46FN5O5. The van der Waals surface area contributed by atoms with Crippen molar-refractivity contribution < 1.29 is 28.2 Å². The molecule has 232 valence electrons. The summed E-state index contributed by atoms with van der Waals surface area (Å²) < 4.78 is 26.2. The summed E-state index contributed by atoms with van der Waals surface area (Å²) in [5.74, 6) is -0.00167. The number of imide groups is 1. The van der Waals surface area contributed by atoms with E-state index in [0.717, 1.165) is 58.4 Å². The van der Waals surface area contributed by atoms with E-state index >= 15 is 4.39 Å². The first-order chi connectivity index (χ1) is 19.9. The van der Waals surface area contributed by atoms with Gasteiger partial charge in [-0.25, -0.2) is 9.18 Å². The molecule has 3 amide bonds. The number of likely N-dealkylation sites (tertiary alicyclic amines) is 1. The van der Waals surface area contributed by atoms with Crippen molar-refractivity contribution in [2.75, 3.05) is 50.1 Å². The third-order valence-electron chi connectivity index (χ3n) is 9.31. The highest BCUT2D eigenvalue weighted by Gasteiger charge is 2.46. The Bertz CT molecular complexity index is 1160. The first-order valence-electron chi connectivity index (χ1n) is 15.4. The summed E-state index contributed by atoms with van der Waals surface area (Å²) in [6.45, 7) is 10.5. The summed E-state index contributed by atoms with van der Waals surface area (Å²) in [6.07, 6.45) is 6.70. The summed E-state index contributed by atoms with van der Waals surface area (Å²) >= 11 is 0. The molecule has 5 rings (SSSR count). The zero-order valence-corrected chi connectivity index (χ0v) is 25.4. The number of halogens is 1. The van der Waals surface area contributed by atoms with E-state index in [0.29, 0.717) is 34.9 Å². The fraction of sp³-hybridized carbons (Fsp3) is 0.710. The SMILES string of the molecule is COc1cc(N2CCC(CN3CCC4(CC3)CC(NC(=O)OC(C)(C)C)C4)CC2)c(F)cc1NC1CCC(=O)NC1=O. The minimum Gasteiger partial charge on any atom is -0.495 e. The predicted molar refractivity (Wildman–Crippen MR) is 158 cm³/mol. The van der Waals surface area contributed by atoms with Crippen molar-refractivity contribution in [1.82, 2.24) is 15.5 Å². The van der Waals surface area contributed by atoms with Crippen LogP contribution in [0.4, 0.5) is 20.6 Å². The molecule has 3 aliphatic heterocycles. The van der Waals surface area contributed by atoms with E-state index in [1.54, 1.807) is 6.07 Å². The molecule has 1 aliphatic carbocycles. The fourth-order valence-corrected chi connectivity index (χ4v) is 6.99. The second kappa shape index (κ2) is 12.3. The van der Waals surface area contributed by atoms with Crippen LogP contribution in [0.25, 0.3) is 0 Å². The van der Waals surface area contributed by atoms with Gasteiger partial charge < -0.3 is 29.9 Å². The molecule has 4 fully saturated rings. The number of carbonyl (C=O) groups excluding carboxylic acids is 3. The maximum absolute atomic E-state index is 15.3. The van der Waals surface area contributed by atoms with Crippen molar-refractivity contribution in [2.45, 2.75) is 89.8 Å². The van der Waals surface area contributed by atoms with E-state index in [2.05, 4.69) is 25.8 Å². The van der Waals surface area contributed by atoms with Crippen LogP contribution in [-0.4, -0.2) is 80.3 Å². The van der Waals surface area contributed by atoms with E-state index < -0.39 is 17.6 Å². The van der Waals surface area contributed by atoms with Crippen molar-refractivity contribution >= 4 is 29.3 Å². The summed E-state index contributed by atoms with van der Waals surface area (Å²) in [7, 11) is 1.53.